The molecule has 0 aliphatic heterocycles. The van der Waals surface area contributed by atoms with Crippen LogP contribution in [0.3, 0.4) is 0 Å². The second kappa shape index (κ2) is 8.22. The third kappa shape index (κ3) is 5.55. The van der Waals surface area contributed by atoms with Crippen molar-refractivity contribution in [1.82, 2.24) is 0 Å². The molecule has 0 fully saturated rings. The molecule has 0 unspecified atom stereocenters. The van der Waals surface area contributed by atoms with Crippen LogP contribution in [0.4, 0.5) is 0 Å². The van der Waals surface area contributed by atoms with Crippen molar-refractivity contribution < 1.29 is 0 Å². The number of rotatable bonds is 1. The summed E-state index contributed by atoms with van der Waals surface area (Å²) in [5, 5.41) is 0. The van der Waals surface area contributed by atoms with Gasteiger partial charge in [0.2, 0.25) is 0 Å². The fraction of sp³-hybridized carbons (Fsp3) is 0.154. The summed E-state index contributed by atoms with van der Waals surface area (Å²) < 4.78 is 0. The first-order valence-corrected chi connectivity index (χ1v) is 11.8. The molecule has 3 rings (SSSR count). The molecule has 3 aromatic carbocycles. The summed E-state index contributed by atoms with van der Waals surface area (Å²) in [5.74, 6) is 12.9. The van der Waals surface area contributed by atoms with Gasteiger partial charge in [-0.2, -0.15) is 0 Å². The van der Waals surface area contributed by atoms with Gasteiger partial charge in [-0.25, -0.2) is 10.0 Å². The van der Waals surface area contributed by atoms with Crippen molar-refractivity contribution >= 4 is 10.0 Å². The maximum atomic E-state index is 3.25. The molecule has 0 spiro atoms. The smallest absolute Gasteiger partial charge is 0.0249 e. The van der Waals surface area contributed by atoms with E-state index in [0.29, 0.717) is 0 Å². The number of hydrogen-bond acceptors (Lipinski definition) is 0. The maximum Gasteiger partial charge on any atom is 0.0249 e. The Bertz CT molecular complexity index is 1020. The van der Waals surface area contributed by atoms with Crippen LogP contribution in [-0.2, 0) is 0 Å². The third-order valence-electron chi connectivity index (χ3n) is 4.20. The monoisotopic (exact) mass is 368 g/mol. The van der Waals surface area contributed by atoms with Gasteiger partial charge in [-0.1, -0.05) is 41.4 Å². The van der Waals surface area contributed by atoms with Crippen molar-refractivity contribution in [3.63, 3.8) is 0 Å². The Balaban J connectivity index is 1.70. The summed E-state index contributed by atoms with van der Waals surface area (Å²) in [6.45, 7) is 2.08. The van der Waals surface area contributed by atoms with Gasteiger partial charge in [0.1, 0.15) is 0 Å². The van der Waals surface area contributed by atoms with Crippen molar-refractivity contribution in [3.05, 3.63) is 101 Å². The van der Waals surface area contributed by atoms with Gasteiger partial charge in [0.25, 0.3) is 0 Å². The van der Waals surface area contributed by atoms with E-state index in [1.807, 2.05) is 24.3 Å². The Morgan fingerprint density at radius 3 is 1.11 bits per heavy atom. The fourth-order valence-corrected chi connectivity index (χ4v) is 3.46. The van der Waals surface area contributed by atoms with E-state index in [4.69, 9.17) is 0 Å². The van der Waals surface area contributed by atoms with Gasteiger partial charge in [0.15, 0.2) is 0 Å². The van der Waals surface area contributed by atoms with Crippen LogP contribution in [0.15, 0.2) is 77.7 Å². The lowest BCUT2D eigenvalue weighted by Crippen LogP contribution is -1.92. The zero-order valence-corrected chi connectivity index (χ0v) is 17.2. The molecular formula is C26H24S. The summed E-state index contributed by atoms with van der Waals surface area (Å²) in [6.07, 6.45) is 6.91. The van der Waals surface area contributed by atoms with Gasteiger partial charge in [-0.15, -0.1) is 0 Å². The topological polar surface area (TPSA) is 0 Å². The summed E-state index contributed by atoms with van der Waals surface area (Å²) in [5.41, 5.74) is 5.33. The van der Waals surface area contributed by atoms with E-state index >= 15 is 0 Å². The first-order valence-electron chi connectivity index (χ1n) is 8.89. The van der Waals surface area contributed by atoms with E-state index in [2.05, 4.69) is 97.9 Å². The van der Waals surface area contributed by atoms with Crippen LogP contribution < -0.4 is 0 Å². The van der Waals surface area contributed by atoms with Crippen molar-refractivity contribution in [2.45, 2.75) is 11.8 Å². The van der Waals surface area contributed by atoms with Gasteiger partial charge in [-0.05, 0) is 91.3 Å². The molecule has 0 saturated heterocycles. The van der Waals surface area contributed by atoms with E-state index in [9.17, 15) is 0 Å². The molecule has 0 atom stereocenters. The number of aryl methyl sites for hydroxylation is 1. The lowest BCUT2D eigenvalue weighted by molar-refractivity contribution is 1.42. The summed E-state index contributed by atoms with van der Waals surface area (Å²) >= 11 is 0. The molecule has 134 valence electrons. The Kier molecular flexibility index (Phi) is 5.75. The van der Waals surface area contributed by atoms with Gasteiger partial charge in [0.05, 0.1) is 0 Å². The molecule has 0 heterocycles. The molecule has 3 aromatic rings. The van der Waals surface area contributed by atoms with Crippen molar-refractivity contribution in [2.24, 2.45) is 0 Å². The quantitative estimate of drug-likeness (QED) is 0.473. The second-order valence-corrected chi connectivity index (χ2v) is 11.5. The SMILES string of the molecule is Cc1ccc(C#Cc2ccc(C#Cc3ccc(S(C)(C)C)cc3)cc2)cc1. The van der Waals surface area contributed by atoms with Crippen molar-refractivity contribution in [2.75, 3.05) is 18.8 Å². The van der Waals surface area contributed by atoms with E-state index < -0.39 is 10.0 Å². The molecular weight excluding hydrogens is 344 g/mol. The third-order valence-corrected chi connectivity index (χ3v) is 5.89. The predicted molar refractivity (Wildman–Crippen MR) is 120 cm³/mol. The van der Waals surface area contributed by atoms with Crippen LogP contribution in [-0.4, -0.2) is 18.8 Å². The average molecular weight is 369 g/mol. The maximum absolute atomic E-state index is 3.25. The summed E-state index contributed by atoms with van der Waals surface area (Å²) in [7, 11) is -0.680. The lowest BCUT2D eigenvalue weighted by Gasteiger charge is -2.25. The van der Waals surface area contributed by atoms with Crippen LogP contribution >= 0.6 is 10.0 Å². The predicted octanol–water partition coefficient (Wildman–Crippen LogP) is 5.85. The van der Waals surface area contributed by atoms with E-state index in [1.54, 1.807) is 0 Å². The molecule has 0 amide bonds. The summed E-state index contributed by atoms with van der Waals surface area (Å²) in [6, 6.07) is 25.0. The fourth-order valence-electron chi connectivity index (χ4n) is 2.51. The molecule has 0 bridgehead atoms. The normalized spacial score (nSPS) is 11.0. The van der Waals surface area contributed by atoms with Crippen LogP contribution in [0.5, 0.6) is 0 Å². The van der Waals surface area contributed by atoms with Gasteiger partial charge >= 0.3 is 0 Å². The lowest BCUT2D eigenvalue weighted by atomic mass is 10.1. The molecule has 27 heavy (non-hydrogen) atoms. The van der Waals surface area contributed by atoms with Crippen molar-refractivity contribution in [3.8, 4) is 23.7 Å². The Labute approximate surface area is 165 Å². The highest BCUT2D eigenvalue weighted by atomic mass is 32.3. The first-order chi connectivity index (χ1) is 12.9. The molecule has 1 heteroatoms. The van der Waals surface area contributed by atoms with Gasteiger partial charge < -0.3 is 0 Å². The van der Waals surface area contributed by atoms with Gasteiger partial charge in [0, 0.05) is 22.3 Å². The van der Waals surface area contributed by atoms with Crippen LogP contribution in [0.1, 0.15) is 27.8 Å². The van der Waals surface area contributed by atoms with Crippen LogP contribution in [0.25, 0.3) is 0 Å². The zero-order chi connectivity index (χ0) is 19.3. The van der Waals surface area contributed by atoms with E-state index in [1.165, 1.54) is 10.5 Å². The minimum Gasteiger partial charge on any atom is -0.223 e. The Morgan fingerprint density at radius 1 is 0.481 bits per heavy atom. The zero-order valence-electron chi connectivity index (χ0n) is 16.3. The number of benzene rings is 3. The molecule has 0 aliphatic rings. The van der Waals surface area contributed by atoms with Crippen LogP contribution in [0, 0.1) is 30.6 Å². The molecule has 0 saturated carbocycles. The van der Waals surface area contributed by atoms with Crippen LogP contribution in [0.2, 0.25) is 0 Å². The van der Waals surface area contributed by atoms with Crippen molar-refractivity contribution in [1.29, 1.82) is 0 Å². The molecule has 0 nitrogen and oxygen atoms in total. The largest absolute Gasteiger partial charge is 0.223 e. The molecule has 0 aliphatic carbocycles. The highest BCUT2D eigenvalue weighted by molar-refractivity contribution is 8.32. The number of hydrogen-bond donors (Lipinski definition) is 0. The summed E-state index contributed by atoms with van der Waals surface area (Å²) in [4.78, 5) is 1.41. The highest BCUT2D eigenvalue weighted by Crippen LogP contribution is 2.44. The Morgan fingerprint density at radius 2 is 0.778 bits per heavy atom. The average Bonchev–Trinajstić information content (AvgIpc) is 2.66. The molecule has 0 N–H and O–H groups in total. The standard InChI is InChI=1S/C26H24S/c1-21-5-7-22(8-6-21)9-10-23-11-13-24(14-12-23)15-16-25-17-19-26(20-18-25)27(2,3)4/h5-8,11-14,17-20H,1-4H3. The Hall–Kier alpha value is -2.87. The minimum atomic E-state index is -0.680. The highest BCUT2D eigenvalue weighted by Gasteiger charge is 2.06. The minimum absolute atomic E-state index is 0.680. The molecule has 0 radical (unpaired) electrons. The van der Waals surface area contributed by atoms with E-state index in [-0.39, 0.29) is 0 Å². The molecule has 0 aromatic heterocycles. The van der Waals surface area contributed by atoms with Gasteiger partial charge in [-0.3, -0.25) is 0 Å². The van der Waals surface area contributed by atoms with E-state index in [0.717, 1.165) is 22.3 Å². The first kappa shape index (κ1) is 18.9. The second-order valence-electron chi connectivity index (χ2n) is 7.30.